The van der Waals surface area contributed by atoms with Crippen molar-refractivity contribution in [3.63, 3.8) is 0 Å². The Bertz CT molecular complexity index is 1300. The lowest BCUT2D eigenvalue weighted by molar-refractivity contribution is 0.0628. The number of aromatic nitrogens is 2. The quantitative estimate of drug-likeness (QED) is 0.550. The first-order valence-corrected chi connectivity index (χ1v) is 15.6. The molecule has 2 atom stereocenters. The maximum absolute atomic E-state index is 13.4. The standard InChI is InChI=1S/C26H34Cl2N6O3S/c1-16-24(29-15-30-25(16)31-19-4-5-22(27)23(28)12-19)26(35)33-8-6-20(7-9-33)34-13-17-10-21(11-18(17)14-34)32(2)38(3,36)37/h4-5,12,15,17-18,20-21H,6-11,13-14H2,1-3H3,(H,29,30,31). The van der Waals surface area contributed by atoms with Gasteiger partial charge in [0, 0.05) is 56.6 Å². The maximum Gasteiger partial charge on any atom is 0.272 e. The highest BCUT2D eigenvalue weighted by Crippen LogP contribution is 2.42. The second kappa shape index (κ2) is 10.9. The van der Waals surface area contributed by atoms with E-state index >= 15 is 0 Å². The number of hydrogen-bond donors (Lipinski definition) is 1. The molecule has 1 aromatic heterocycles. The average molecular weight is 582 g/mol. The van der Waals surface area contributed by atoms with E-state index in [4.69, 9.17) is 23.2 Å². The van der Waals surface area contributed by atoms with Crippen LogP contribution in [0.1, 0.15) is 41.7 Å². The smallest absolute Gasteiger partial charge is 0.272 e. The Labute approximate surface area is 234 Å². The Morgan fingerprint density at radius 2 is 1.74 bits per heavy atom. The number of fused-ring (bicyclic) bond motifs is 1. The van der Waals surface area contributed by atoms with Gasteiger partial charge in [-0.1, -0.05) is 23.2 Å². The normalized spacial score (nSPS) is 24.7. The van der Waals surface area contributed by atoms with Crippen LogP contribution in [0.3, 0.4) is 0 Å². The Morgan fingerprint density at radius 1 is 1.08 bits per heavy atom. The Kier molecular flexibility index (Phi) is 7.90. The fraction of sp³-hybridized carbons (Fsp3) is 0.577. The molecule has 1 aromatic carbocycles. The molecule has 0 spiro atoms. The number of carbonyl (C=O) groups is 1. The van der Waals surface area contributed by atoms with Crippen LogP contribution < -0.4 is 5.32 Å². The second-order valence-electron chi connectivity index (χ2n) is 10.9. The molecule has 38 heavy (non-hydrogen) atoms. The third kappa shape index (κ3) is 5.65. The summed E-state index contributed by atoms with van der Waals surface area (Å²) in [6, 6.07) is 5.80. The molecule has 1 saturated carbocycles. The molecule has 0 bridgehead atoms. The van der Waals surface area contributed by atoms with Crippen LogP contribution in [-0.2, 0) is 10.0 Å². The number of benzene rings is 1. The van der Waals surface area contributed by atoms with Crippen molar-refractivity contribution in [3.05, 3.63) is 45.8 Å². The molecular weight excluding hydrogens is 547 g/mol. The number of anilines is 2. The lowest BCUT2D eigenvalue weighted by Gasteiger charge is -2.37. The van der Waals surface area contributed by atoms with Gasteiger partial charge in [0.1, 0.15) is 17.8 Å². The van der Waals surface area contributed by atoms with Gasteiger partial charge in [0.25, 0.3) is 5.91 Å². The van der Waals surface area contributed by atoms with Crippen LogP contribution in [0.25, 0.3) is 0 Å². The lowest BCUT2D eigenvalue weighted by atomic mass is 10.0. The summed E-state index contributed by atoms with van der Waals surface area (Å²) in [4.78, 5) is 26.5. The van der Waals surface area contributed by atoms with Crippen molar-refractivity contribution in [1.29, 1.82) is 0 Å². The third-order valence-corrected chi connectivity index (χ3v) is 10.6. The predicted octanol–water partition coefficient (Wildman–Crippen LogP) is 4.04. The molecule has 2 aliphatic heterocycles. The summed E-state index contributed by atoms with van der Waals surface area (Å²) in [5, 5.41) is 4.12. The zero-order valence-electron chi connectivity index (χ0n) is 21.9. The SMILES string of the molecule is Cc1c(Nc2ccc(Cl)c(Cl)c2)ncnc1C(=O)N1CCC(N2CC3CC(N(C)S(C)(=O)=O)CC3C2)CC1. The van der Waals surface area contributed by atoms with E-state index in [1.165, 1.54) is 12.6 Å². The van der Waals surface area contributed by atoms with Crippen molar-refractivity contribution in [2.45, 2.75) is 44.7 Å². The molecule has 1 aliphatic carbocycles. The Hall–Kier alpha value is -1.98. The van der Waals surface area contributed by atoms with Crippen molar-refractivity contribution in [2.75, 3.05) is 44.8 Å². The summed E-state index contributed by atoms with van der Waals surface area (Å²) in [7, 11) is -1.45. The third-order valence-electron chi connectivity index (χ3n) is 8.53. The van der Waals surface area contributed by atoms with Crippen LogP contribution in [0.4, 0.5) is 11.5 Å². The van der Waals surface area contributed by atoms with E-state index in [1.54, 1.807) is 29.6 Å². The van der Waals surface area contributed by atoms with Crippen molar-refractivity contribution in [3.8, 4) is 0 Å². The summed E-state index contributed by atoms with van der Waals surface area (Å²) in [6.07, 6.45) is 6.43. The molecule has 2 saturated heterocycles. The zero-order chi connectivity index (χ0) is 27.2. The van der Waals surface area contributed by atoms with Crippen molar-refractivity contribution in [1.82, 2.24) is 24.1 Å². The van der Waals surface area contributed by atoms with Crippen LogP contribution in [0.15, 0.2) is 24.5 Å². The summed E-state index contributed by atoms with van der Waals surface area (Å²) >= 11 is 12.1. The molecule has 1 N–H and O–H groups in total. The topological polar surface area (TPSA) is 98.7 Å². The van der Waals surface area contributed by atoms with Gasteiger partial charge in [-0.05, 0) is 62.6 Å². The first-order valence-electron chi connectivity index (χ1n) is 13.0. The molecule has 9 nitrogen and oxygen atoms in total. The van der Waals surface area contributed by atoms with Crippen LogP contribution >= 0.6 is 23.2 Å². The molecule has 3 heterocycles. The van der Waals surface area contributed by atoms with Crippen LogP contribution in [0.2, 0.25) is 10.0 Å². The first kappa shape index (κ1) is 27.6. The van der Waals surface area contributed by atoms with Gasteiger partial charge in [0.15, 0.2) is 0 Å². The number of carbonyl (C=O) groups excluding carboxylic acids is 1. The summed E-state index contributed by atoms with van der Waals surface area (Å²) in [5.74, 6) is 1.58. The highest BCUT2D eigenvalue weighted by Gasteiger charge is 2.45. The van der Waals surface area contributed by atoms with Gasteiger partial charge < -0.3 is 10.2 Å². The number of sulfonamides is 1. The molecule has 0 radical (unpaired) electrons. The van der Waals surface area contributed by atoms with Gasteiger partial charge in [0.05, 0.1) is 16.3 Å². The average Bonchev–Trinajstić information content (AvgIpc) is 3.46. The largest absolute Gasteiger partial charge is 0.340 e. The number of halogens is 2. The molecule has 2 aromatic rings. The Morgan fingerprint density at radius 3 is 2.34 bits per heavy atom. The van der Waals surface area contributed by atoms with Crippen molar-refractivity contribution >= 4 is 50.6 Å². The Balaban J connectivity index is 1.16. The first-order chi connectivity index (χ1) is 18.0. The summed E-state index contributed by atoms with van der Waals surface area (Å²) in [6.45, 7) is 5.26. The van der Waals surface area contributed by atoms with Gasteiger partial charge in [-0.3, -0.25) is 9.69 Å². The number of amides is 1. The number of nitrogens with zero attached hydrogens (tertiary/aromatic N) is 5. The number of piperidine rings is 1. The minimum atomic E-state index is -3.15. The van der Waals surface area contributed by atoms with Crippen molar-refractivity contribution < 1.29 is 13.2 Å². The highest BCUT2D eigenvalue weighted by atomic mass is 35.5. The maximum atomic E-state index is 13.4. The van der Waals surface area contributed by atoms with Gasteiger partial charge in [0.2, 0.25) is 10.0 Å². The number of hydrogen-bond acceptors (Lipinski definition) is 7. The molecule has 206 valence electrons. The minimum absolute atomic E-state index is 0.0783. The monoisotopic (exact) mass is 580 g/mol. The van der Waals surface area contributed by atoms with Crippen LogP contribution in [0, 0.1) is 18.8 Å². The van der Waals surface area contributed by atoms with E-state index in [0.717, 1.165) is 44.5 Å². The van der Waals surface area contributed by atoms with E-state index in [2.05, 4.69) is 20.2 Å². The van der Waals surface area contributed by atoms with Gasteiger partial charge in [-0.15, -0.1) is 0 Å². The summed E-state index contributed by atoms with van der Waals surface area (Å²) < 4.78 is 25.4. The van der Waals surface area contributed by atoms with Gasteiger partial charge in [-0.2, -0.15) is 0 Å². The fourth-order valence-electron chi connectivity index (χ4n) is 6.26. The molecule has 3 aliphatic rings. The van der Waals surface area contributed by atoms with E-state index < -0.39 is 10.0 Å². The molecule has 2 unspecified atom stereocenters. The number of nitrogens with one attached hydrogen (secondary N) is 1. The predicted molar refractivity (Wildman–Crippen MR) is 150 cm³/mol. The van der Waals surface area contributed by atoms with Gasteiger partial charge >= 0.3 is 0 Å². The number of likely N-dealkylation sites (tertiary alicyclic amines) is 2. The van der Waals surface area contributed by atoms with Crippen molar-refractivity contribution in [2.24, 2.45) is 11.8 Å². The van der Waals surface area contributed by atoms with E-state index in [-0.39, 0.29) is 11.9 Å². The van der Waals surface area contributed by atoms with Crippen LogP contribution in [0.5, 0.6) is 0 Å². The van der Waals surface area contributed by atoms with Crippen LogP contribution in [-0.4, -0.2) is 90.0 Å². The second-order valence-corrected chi connectivity index (χ2v) is 13.7. The molecule has 3 fully saturated rings. The molecule has 12 heteroatoms. The van der Waals surface area contributed by atoms with Gasteiger partial charge in [-0.25, -0.2) is 22.7 Å². The molecule has 1 amide bonds. The van der Waals surface area contributed by atoms with E-state index in [0.29, 0.717) is 58.1 Å². The summed E-state index contributed by atoms with van der Waals surface area (Å²) in [5.41, 5.74) is 1.81. The van der Waals surface area contributed by atoms with E-state index in [9.17, 15) is 13.2 Å². The fourth-order valence-corrected chi connectivity index (χ4v) is 7.27. The number of rotatable bonds is 6. The van der Waals surface area contributed by atoms with E-state index in [1.807, 2.05) is 11.8 Å². The zero-order valence-corrected chi connectivity index (χ0v) is 24.2. The molecule has 5 rings (SSSR count). The highest BCUT2D eigenvalue weighted by molar-refractivity contribution is 7.88. The lowest BCUT2D eigenvalue weighted by Crippen LogP contribution is -2.47. The minimum Gasteiger partial charge on any atom is -0.340 e. The molecular formula is C26H34Cl2N6O3S.